The van der Waals surface area contributed by atoms with Crippen LogP contribution >= 0.6 is 0 Å². The molecule has 2 nitrogen and oxygen atoms in total. The van der Waals surface area contributed by atoms with E-state index in [2.05, 4.69) is 6.92 Å². The van der Waals surface area contributed by atoms with E-state index in [1.165, 1.54) is 12.5 Å². The maximum absolute atomic E-state index is 14.2. The molecule has 0 aromatic heterocycles. The Morgan fingerprint density at radius 1 is 1.21 bits per heavy atom. The molecule has 0 bridgehead atoms. The summed E-state index contributed by atoms with van der Waals surface area (Å²) in [6, 6.07) is 3.00. The largest absolute Gasteiger partial charge is 0.491 e. The minimum Gasteiger partial charge on any atom is -0.491 e. The van der Waals surface area contributed by atoms with E-state index in [1.807, 2.05) is 0 Å². The summed E-state index contributed by atoms with van der Waals surface area (Å²) in [6.07, 6.45) is 2.68. The highest BCUT2D eigenvalue weighted by Crippen LogP contribution is 2.33. The Morgan fingerprint density at radius 3 is 2.58 bits per heavy atom. The summed E-state index contributed by atoms with van der Waals surface area (Å²) in [5.41, 5.74) is -0.175. The van der Waals surface area contributed by atoms with Gasteiger partial charge in [0.15, 0.2) is 11.6 Å². The Kier molecular flexibility index (Phi) is 7.40. The molecule has 2 rings (SSSR count). The Bertz CT molecular complexity index is 512. The van der Waals surface area contributed by atoms with E-state index in [0.717, 1.165) is 25.9 Å². The molecule has 1 aromatic carbocycles. The van der Waals surface area contributed by atoms with Gasteiger partial charge in [0.1, 0.15) is 0 Å². The lowest BCUT2D eigenvalue weighted by Gasteiger charge is -2.29. The fraction of sp³-hybridized carbons (Fsp3) is 0.684. The van der Waals surface area contributed by atoms with Crippen LogP contribution < -0.4 is 4.74 Å². The third-order valence-corrected chi connectivity index (χ3v) is 4.65. The predicted molar refractivity (Wildman–Crippen MR) is 88.2 cm³/mol. The van der Waals surface area contributed by atoms with Crippen molar-refractivity contribution < 1.29 is 22.6 Å². The van der Waals surface area contributed by atoms with Gasteiger partial charge in [0, 0.05) is 6.61 Å². The average Bonchev–Trinajstić information content (AvgIpc) is 2.56. The second-order valence-electron chi connectivity index (χ2n) is 6.41. The van der Waals surface area contributed by atoms with Crippen LogP contribution in [0.1, 0.15) is 63.5 Å². The summed E-state index contributed by atoms with van der Waals surface area (Å²) in [6.45, 7) is 4.85. The molecule has 1 heterocycles. The van der Waals surface area contributed by atoms with E-state index < -0.39 is 17.8 Å². The molecule has 5 heteroatoms. The molecule has 1 aliphatic heterocycles. The van der Waals surface area contributed by atoms with Gasteiger partial charge in [-0.1, -0.05) is 19.4 Å². The van der Waals surface area contributed by atoms with Crippen LogP contribution in [-0.2, 0) is 11.2 Å². The molecule has 1 saturated heterocycles. The third kappa shape index (κ3) is 4.88. The summed E-state index contributed by atoms with van der Waals surface area (Å²) in [7, 11) is 0. The second-order valence-corrected chi connectivity index (χ2v) is 6.41. The average molecular weight is 344 g/mol. The number of halogens is 3. The topological polar surface area (TPSA) is 18.5 Å². The molecule has 0 N–H and O–H groups in total. The highest BCUT2D eigenvalue weighted by Gasteiger charge is 2.24. The van der Waals surface area contributed by atoms with Crippen LogP contribution in [0.5, 0.6) is 5.75 Å². The molecule has 0 saturated carbocycles. The van der Waals surface area contributed by atoms with Gasteiger partial charge in [0.2, 0.25) is 0 Å². The van der Waals surface area contributed by atoms with E-state index in [0.29, 0.717) is 24.3 Å². The molecule has 2 unspecified atom stereocenters. The Labute approximate surface area is 142 Å². The maximum Gasteiger partial charge on any atom is 0.267 e. The van der Waals surface area contributed by atoms with E-state index in [4.69, 9.17) is 9.47 Å². The lowest BCUT2D eigenvalue weighted by Crippen LogP contribution is -2.26. The van der Waals surface area contributed by atoms with E-state index in [9.17, 15) is 13.2 Å². The van der Waals surface area contributed by atoms with Crippen molar-refractivity contribution in [2.24, 2.45) is 5.92 Å². The van der Waals surface area contributed by atoms with Crippen LogP contribution in [-0.4, -0.2) is 19.3 Å². The van der Waals surface area contributed by atoms with Crippen molar-refractivity contribution in [3.63, 3.8) is 0 Å². The van der Waals surface area contributed by atoms with Gasteiger partial charge in [-0.2, -0.15) is 0 Å². The van der Waals surface area contributed by atoms with Gasteiger partial charge in [-0.05, 0) is 56.6 Å². The summed E-state index contributed by atoms with van der Waals surface area (Å²) in [5.74, 6) is -0.421. The van der Waals surface area contributed by atoms with Crippen LogP contribution in [0.3, 0.4) is 0 Å². The first-order valence-electron chi connectivity index (χ1n) is 8.90. The summed E-state index contributed by atoms with van der Waals surface area (Å²) < 4.78 is 51.7. The van der Waals surface area contributed by atoms with E-state index in [1.54, 1.807) is 13.0 Å². The normalized spacial score (nSPS) is 21.2. The fourth-order valence-electron chi connectivity index (χ4n) is 3.37. The lowest BCUT2D eigenvalue weighted by atomic mass is 9.91. The summed E-state index contributed by atoms with van der Waals surface area (Å²) in [5, 5.41) is 0. The molecule has 136 valence electrons. The number of alkyl halides is 2. The summed E-state index contributed by atoms with van der Waals surface area (Å²) in [4.78, 5) is 0. The monoisotopic (exact) mass is 344 g/mol. The van der Waals surface area contributed by atoms with Crippen molar-refractivity contribution in [1.29, 1.82) is 0 Å². The maximum atomic E-state index is 14.2. The van der Waals surface area contributed by atoms with Gasteiger partial charge >= 0.3 is 0 Å². The molecular formula is C19H27F3O2. The number of ether oxygens (including phenoxy) is 2. The molecule has 1 aromatic rings. The highest BCUT2D eigenvalue weighted by molar-refractivity contribution is 5.38. The van der Waals surface area contributed by atoms with Gasteiger partial charge in [0.05, 0.1) is 18.3 Å². The molecule has 0 spiro atoms. The minimum absolute atomic E-state index is 0.0817. The second kappa shape index (κ2) is 9.30. The lowest BCUT2D eigenvalue weighted by molar-refractivity contribution is -0.0216. The Morgan fingerprint density at radius 2 is 2.00 bits per heavy atom. The zero-order valence-electron chi connectivity index (χ0n) is 14.5. The standard InChI is InChI=1S/C19H27F3O2/c1-3-5-13-6-9-15(24-12-13)10-7-14-8-11-16(23-4-2)18(20)17(14)19(21)22/h8,11,13,15,19H,3-7,9-10,12H2,1-2H3. The van der Waals surface area contributed by atoms with Crippen molar-refractivity contribution in [3.05, 3.63) is 29.1 Å². The van der Waals surface area contributed by atoms with Gasteiger partial charge < -0.3 is 9.47 Å². The third-order valence-electron chi connectivity index (χ3n) is 4.65. The van der Waals surface area contributed by atoms with E-state index >= 15 is 0 Å². The number of hydrogen-bond acceptors (Lipinski definition) is 2. The Balaban J connectivity index is 1.98. The molecule has 0 amide bonds. The zero-order chi connectivity index (χ0) is 17.5. The Hall–Kier alpha value is -1.23. The first kappa shape index (κ1) is 19.1. The van der Waals surface area contributed by atoms with Crippen molar-refractivity contribution in [3.8, 4) is 5.75 Å². The fourth-order valence-corrected chi connectivity index (χ4v) is 3.37. The molecule has 24 heavy (non-hydrogen) atoms. The van der Waals surface area contributed by atoms with E-state index in [-0.39, 0.29) is 18.5 Å². The van der Waals surface area contributed by atoms with Gasteiger partial charge in [0.25, 0.3) is 6.43 Å². The smallest absolute Gasteiger partial charge is 0.267 e. The zero-order valence-corrected chi connectivity index (χ0v) is 14.5. The van der Waals surface area contributed by atoms with Crippen LogP contribution in [0.25, 0.3) is 0 Å². The molecule has 0 aliphatic carbocycles. The number of hydrogen-bond donors (Lipinski definition) is 0. The van der Waals surface area contributed by atoms with Gasteiger partial charge in [-0.25, -0.2) is 13.2 Å². The van der Waals surface area contributed by atoms with Crippen LogP contribution in [0.15, 0.2) is 12.1 Å². The molecule has 1 aliphatic rings. The van der Waals surface area contributed by atoms with Gasteiger partial charge in [-0.15, -0.1) is 0 Å². The van der Waals surface area contributed by atoms with Crippen molar-refractivity contribution in [1.82, 2.24) is 0 Å². The molecule has 2 atom stereocenters. The van der Waals surface area contributed by atoms with Crippen molar-refractivity contribution in [2.45, 2.75) is 64.9 Å². The van der Waals surface area contributed by atoms with Crippen LogP contribution in [0.2, 0.25) is 0 Å². The molecular weight excluding hydrogens is 317 g/mol. The predicted octanol–water partition coefficient (Wildman–Crippen LogP) is 5.69. The first-order chi connectivity index (χ1) is 11.6. The molecule has 0 radical (unpaired) electrons. The van der Waals surface area contributed by atoms with Crippen molar-refractivity contribution in [2.75, 3.05) is 13.2 Å². The first-order valence-corrected chi connectivity index (χ1v) is 8.90. The molecule has 1 fully saturated rings. The van der Waals surface area contributed by atoms with Crippen LogP contribution in [0, 0.1) is 11.7 Å². The summed E-state index contributed by atoms with van der Waals surface area (Å²) >= 11 is 0. The minimum atomic E-state index is -2.85. The van der Waals surface area contributed by atoms with Crippen molar-refractivity contribution >= 4 is 0 Å². The van der Waals surface area contributed by atoms with Gasteiger partial charge in [-0.3, -0.25) is 0 Å². The number of aryl methyl sites for hydroxylation is 1. The quantitative estimate of drug-likeness (QED) is 0.603. The SMILES string of the molecule is CCCC1CCC(CCc2ccc(OCC)c(F)c2C(F)F)OC1. The number of rotatable bonds is 8. The number of benzene rings is 1. The van der Waals surface area contributed by atoms with Crippen LogP contribution in [0.4, 0.5) is 13.2 Å². The highest BCUT2D eigenvalue weighted by atomic mass is 19.3.